The van der Waals surface area contributed by atoms with Crippen LogP contribution < -0.4 is 10.9 Å². The zero-order valence-electron chi connectivity index (χ0n) is 19.9. The molecule has 3 N–H and O–H groups in total. The van der Waals surface area contributed by atoms with Gasteiger partial charge in [-0.2, -0.15) is 0 Å². The Morgan fingerprint density at radius 1 is 0.973 bits per heavy atom. The summed E-state index contributed by atoms with van der Waals surface area (Å²) in [6, 6.07) is 18.1. The van der Waals surface area contributed by atoms with Crippen LogP contribution in [-0.2, 0) is 22.4 Å². The number of hydrogen-bond donors (Lipinski definition) is 3. The number of carboxylic acids is 1. The van der Waals surface area contributed by atoms with Gasteiger partial charge < -0.3 is 24.4 Å². The van der Waals surface area contributed by atoms with Gasteiger partial charge in [0.05, 0.1) is 18.2 Å². The van der Waals surface area contributed by atoms with Crippen LogP contribution in [-0.4, -0.2) is 28.1 Å². The number of fused-ring (bicyclic) bond motifs is 2. The normalized spacial score (nSPS) is 12.0. The Hall–Kier alpha value is -4.85. The van der Waals surface area contributed by atoms with E-state index in [9.17, 15) is 24.6 Å². The standard InChI is InChI=1S/C29H23NO7/c1-16-20-12-22-23(18-5-3-2-4-6-18)15-36-25(22)14-26(20)37-29(35)21(16)13-27(32)30-24(28(33)34)11-17-7-9-19(31)10-8-17/h2-10,12,14-15,24,31H,11,13H2,1H3,(H,30,32)(H,33,34). The lowest BCUT2D eigenvalue weighted by Crippen LogP contribution is -2.43. The number of carboxylic acid groups (broad SMARTS) is 1. The third-order valence-corrected chi connectivity index (χ3v) is 6.41. The number of amides is 1. The van der Waals surface area contributed by atoms with Gasteiger partial charge in [0.15, 0.2) is 0 Å². The number of furan rings is 1. The lowest BCUT2D eigenvalue weighted by atomic mass is 9.99. The summed E-state index contributed by atoms with van der Waals surface area (Å²) >= 11 is 0. The summed E-state index contributed by atoms with van der Waals surface area (Å²) < 4.78 is 11.2. The minimum Gasteiger partial charge on any atom is -0.508 e. The Balaban J connectivity index is 1.45. The molecule has 0 fully saturated rings. The number of carbonyl (C=O) groups is 2. The first-order chi connectivity index (χ1) is 17.8. The van der Waals surface area contributed by atoms with E-state index in [1.807, 2.05) is 36.4 Å². The van der Waals surface area contributed by atoms with Crippen molar-refractivity contribution in [1.82, 2.24) is 5.32 Å². The molecule has 0 bridgehead atoms. The van der Waals surface area contributed by atoms with Gasteiger partial charge in [-0.25, -0.2) is 9.59 Å². The zero-order chi connectivity index (χ0) is 26.1. The van der Waals surface area contributed by atoms with Crippen LogP contribution in [0.25, 0.3) is 33.1 Å². The van der Waals surface area contributed by atoms with E-state index in [2.05, 4.69) is 5.32 Å². The Bertz CT molecular complexity index is 1680. The summed E-state index contributed by atoms with van der Waals surface area (Å²) in [5.74, 6) is -1.77. The van der Waals surface area contributed by atoms with Gasteiger partial charge >= 0.3 is 11.6 Å². The first kappa shape index (κ1) is 23.9. The number of nitrogens with one attached hydrogen (secondary N) is 1. The molecule has 2 aromatic heterocycles. The predicted octanol–water partition coefficient (Wildman–Crippen LogP) is 4.57. The van der Waals surface area contributed by atoms with Crippen LogP contribution >= 0.6 is 0 Å². The van der Waals surface area contributed by atoms with E-state index < -0.39 is 23.5 Å². The quantitative estimate of drug-likeness (QED) is 0.281. The smallest absolute Gasteiger partial charge is 0.340 e. The molecular formula is C29H23NO7. The average molecular weight is 498 g/mol. The summed E-state index contributed by atoms with van der Waals surface area (Å²) in [5.41, 5.74) is 3.47. The second kappa shape index (κ2) is 9.66. The fourth-order valence-corrected chi connectivity index (χ4v) is 4.43. The van der Waals surface area contributed by atoms with Crippen molar-refractivity contribution in [1.29, 1.82) is 0 Å². The van der Waals surface area contributed by atoms with Crippen LogP contribution in [0.4, 0.5) is 0 Å². The second-order valence-corrected chi connectivity index (χ2v) is 8.86. The van der Waals surface area contributed by atoms with Crippen molar-refractivity contribution in [3.63, 3.8) is 0 Å². The lowest BCUT2D eigenvalue weighted by Gasteiger charge is -2.15. The molecular weight excluding hydrogens is 474 g/mol. The molecule has 3 aromatic carbocycles. The van der Waals surface area contributed by atoms with Crippen LogP contribution in [0.3, 0.4) is 0 Å². The van der Waals surface area contributed by atoms with E-state index in [0.717, 1.165) is 16.5 Å². The molecule has 0 radical (unpaired) electrons. The highest BCUT2D eigenvalue weighted by Crippen LogP contribution is 2.34. The van der Waals surface area contributed by atoms with Crippen molar-refractivity contribution >= 4 is 33.8 Å². The molecule has 0 spiro atoms. The van der Waals surface area contributed by atoms with E-state index in [1.54, 1.807) is 31.4 Å². The van der Waals surface area contributed by atoms with Gasteiger partial charge in [0.2, 0.25) is 5.91 Å². The monoisotopic (exact) mass is 497 g/mol. The Kier molecular flexibility index (Phi) is 6.23. The maximum atomic E-state index is 12.8. The molecule has 0 aliphatic carbocycles. The molecule has 37 heavy (non-hydrogen) atoms. The first-order valence-corrected chi connectivity index (χ1v) is 11.6. The highest BCUT2D eigenvalue weighted by Gasteiger charge is 2.23. The van der Waals surface area contributed by atoms with Gasteiger partial charge in [0.1, 0.15) is 23.0 Å². The van der Waals surface area contributed by atoms with E-state index in [4.69, 9.17) is 8.83 Å². The molecule has 1 amide bonds. The second-order valence-electron chi connectivity index (χ2n) is 8.86. The molecule has 0 aliphatic heterocycles. The number of carbonyl (C=O) groups excluding carboxylic acids is 1. The van der Waals surface area contributed by atoms with E-state index in [1.165, 1.54) is 12.1 Å². The SMILES string of the molecule is Cc1c(CC(=O)NC(Cc2ccc(O)cc2)C(=O)O)c(=O)oc2cc3occ(-c4ccccc4)c3cc12. The minimum atomic E-state index is -1.21. The molecule has 1 unspecified atom stereocenters. The molecule has 8 nitrogen and oxygen atoms in total. The zero-order valence-corrected chi connectivity index (χ0v) is 19.9. The summed E-state index contributed by atoms with van der Waals surface area (Å²) in [5, 5.41) is 23.0. The third-order valence-electron chi connectivity index (χ3n) is 6.41. The van der Waals surface area contributed by atoms with Crippen molar-refractivity contribution in [2.24, 2.45) is 0 Å². The Morgan fingerprint density at radius 2 is 1.70 bits per heavy atom. The van der Waals surface area contributed by atoms with Crippen molar-refractivity contribution in [3.8, 4) is 16.9 Å². The molecule has 1 atom stereocenters. The highest BCUT2D eigenvalue weighted by atomic mass is 16.4. The van der Waals surface area contributed by atoms with Crippen LogP contribution in [0.2, 0.25) is 0 Å². The topological polar surface area (TPSA) is 130 Å². The fraction of sp³-hybridized carbons (Fsp3) is 0.138. The van der Waals surface area contributed by atoms with Crippen molar-refractivity contribution in [3.05, 3.63) is 100 Å². The molecule has 0 saturated heterocycles. The van der Waals surface area contributed by atoms with Crippen LogP contribution in [0.1, 0.15) is 16.7 Å². The lowest BCUT2D eigenvalue weighted by molar-refractivity contribution is -0.141. The summed E-state index contributed by atoms with van der Waals surface area (Å²) in [7, 11) is 0. The number of aromatic hydroxyl groups is 1. The van der Waals surface area contributed by atoms with Gasteiger partial charge in [-0.15, -0.1) is 0 Å². The molecule has 5 aromatic rings. The molecule has 2 heterocycles. The summed E-state index contributed by atoms with van der Waals surface area (Å²) in [6.07, 6.45) is 1.34. The number of hydrogen-bond acceptors (Lipinski definition) is 6. The molecule has 0 aliphatic rings. The van der Waals surface area contributed by atoms with Gasteiger partial charge in [-0.3, -0.25) is 4.79 Å². The van der Waals surface area contributed by atoms with Crippen molar-refractivity contribution < 1.29 is 28.6 Å². The minimum absolute atomic E-state index is 0.0212. The maximum absolute atomic E-state index is 12.8. The van der Waals surface area contributed by atoms with Crippen LogP contribution in [0.5, 0.6) is 5.75 Å². The predicted molar refractivity (Wildman–Crippen MR) is 138 cm³/mol. The molecule has 5 rings (SSSR count). The van der Waals surface area contributed by atoms with Crippen LogP contribution in [0.15, 0.2) is 86.6 Å². The number of aliphatic carboxylic acids is 1. The molecule has 0 saturated carbocycles. The first-order valence-electron chi connectivity index (χ1n) is 11.6. The number of rotatable bonds is 7. The van der Waals surface area contributed by atoms with Crippen LogP contribution in [0, 0.1) is 6.92 Å². The van der Waals surface area contributed by atoms with Gasteiger partial charge in [-0.05, 0) is 41.8 Å². The average Bonchev–Trinajstić information content (AvgIpc) is 3.30. The van der Waals surface area contributed by atoms with Crippen molar-refractivity contribution in [2.45, 2.75) is 25.8 Å². The van der Waals surface area contributed by atoms with E-state index >= 15 is 0 Å². The van der Waals surface area contributed by atoms with Crippen molar-refractivity contribution in [2.75, 3.05) is 0 Å². The third kappa shape index (κ3) is 4.81. The summed E-state index contributed by atoms with van der Waals surface area (Å²) in [6.45, 7) is 1.74. The Labute approximate surface area is 210 Å². The molecule has 8 heteroatoms. The number of aryl methyl sites for hydroxylation is 1. The summed E-state index contributed by atoms with van der Waals surface area (Å²) in [4.78, 5) is 37.4. The van der Waals surface area contributed by atoms with Gasteiger partial charge in [0.25, 0.3) is 0 Å². The molecule has 186 valence electrons. The number of phenolic OH excluding ortho intramolecular Hbond substituents is 1. The Morgan fingerprint density at radius 3 is 2.41 bits per heavy atom. The van der Waals surface area contributed by atoms with E-state index in [0.29, 0.717) is 27.7 Å². The number of phenols is 1. The number of benzene rings is 3. The van der Waals surface area contributed by atoms with Gasteiger partial charge in [-0.1, -0.05) is 42.5 Å². The fourth-order valence-electron chi connectivity index (χ4n) is 4.43. The van der Waals surface area contributed by atoms with E-state index in [-0.39, 0.29) is 24.2 Å². The maximum Gasteiger partial charge on any atom is 0.340 e. The largest absolute Gasteiger partial charge is 0.508 e. The van der Waals surface area contributed by atoms with Gasteiger partial charge in [0, 0.05) is 28.8 Å². The highest BCUT2D eigenvalue weighted by molar-refractivity contribution is 6.02.